The van der Waals surface area contributed by atoms with Gasteiger partial charge in [0.1, 0.15) is 5.69 Å². The van der Waals surface area contributed by atoms with Crippen LogP contribution in [0.2, 0.25) is 0 Å². The normalized spacial score (nSPS) is 10.1. The van der Waals surface area contributed by atoms with Crippen molar-refractivity contribution in [2.24, 2.45) is 5.84 Å². The van der Waals surface area contributed by atoms with E-state index in [1.807, 2.05) is 26.0 Å². The smallest absolute Gasteiger partial charge is 0.274 e. The molecule has 0 fully saturated rings. The first-order valence-corrected chi connectivity index (χ1v) is 5.91. The molecule has 0 spiro atoms. The Labute approximate surface area is 111 Å². The average Bonchev–Trinajstić information content (AvgIpc) is 2.37. The molecule has 5 heteroatoms. The Hall–Kier alpha value is -2.40. The fourth-order valence-corrected chi connectivity index (χ4v) is 1.86. The number of aromatic nitrogens is 1. The Bertz CT molecular complexity index is 573. The molecule has 0 aliphatic carbocycles. The van der Waals surface area contributed by atoms with Gasteiger partial charge in [-0.25, -0.2) is 4.98 Å². The third kappa shape index (κ3) is 3.29. The van der Waals surface area contributed by atoms with Crippen LogP contribution in [-0.4, -0.2) is 10.9 Å². The lowest BCUT2D eigenvalue weighted by molar-refractivity contribution is 0.102. The van der Waals surface area contributed by atoms with Gasteiger partial charge in [-0.05, 0) is 49.2 Å². The summed E-state index contributed by atoms with van der Waals surface area (Å²) in [7, 11) is 0. The second-order valence-electron chi connectivity index (χ2n) is 4.41. The predicted octanol–water partition coefficient (Wildman–Crippen LogP) is 2.24. The molecule has 4 N–H and O–H groups in total. The number of amides is 1. The van der Waals surface area contributed by atoms with Gasteiger partial charge in [-0.3, -0.25) is 10.6 Å². The Morgan fingerprint density at radius 2 is 1.79 bits per heavy atom. The summed E-state index contributed by atoms with van der Waals surface area (Å²) in [6.07, 6.45) is 1.51. The number of benzene rings is 1. The Balaban J connectivity index is 2.15. The SMILES string of the molecule is Cc1cc(C)cc(NC(=O)c2ccc(NN)cn2)c1. The molecule has 1 amide bonds. The Kier molecular flexibility index (Phi) is 3.77. The van der Waals surface area contributed by atoms with Gasteiger partial charge in [-0.2, -0.15) is 0 Å². The van der Waals surface area contributed by atoms with Crippen LogP contribution in [-0.2, 0) is 0 Å². The number of nitrogens with zero attached hydrogens (tertiary/aromatic N) is 1. The Morgan fingerprint density at radius 3 is 2.32 bits per heavy atom. The Morgan fingerprint density at radius 1 is 1.11 bits per heavy atom. The molecule has 5 nitrogen and oxygen atoms in total. The zero-order valence-corrected chi connectivity index (χ0v) is 10.9. The fraction of sp³-hybridized carbons (Fsp3) is 0.143. The zero-order chi connectivity index (χ0) is 13.8. The standard InChI is InChI=1S/C14H16N4O/c1-9-5-10(2)7-12(6-9)17-14(19)13-4-3-11(18-15)8-16-13/h3-8,18H,15H2,1-2H3,(H,17,19). The fourth-order valence-electron chi connectivity index (χ4n) is 1.86. The van der Waals surface area contributed by atoms with Gasteiger partial charge >= 0.3 is 0 Å². The molecule has 0 aliphatic heterocycles. The molecule has 0 bridgehead atoms. The van der Waals surface area contributed by atoms with E-state index < -0.39 is 0 Å². The van der Waals surface area contributed by atoms with Crippen LogP contribution in [0, 0.1) is 13.8 Å². The maximum Gasteiger partial charge on any atom is 0.274 e. The second kappa shape index (κ2) is 5.49. The second-order valence-corrected chi connectivity index (χ2v) is 4.41. The molecule has 0 saturated heterocycles. The summed E-state index contributed by atoms with van der Waals surface area (Å²) in [6, 6.07) is 9.20. The highest BCUT2D eigenvalue weighted by atomic mass is 16.1. The number of hydrogen-bond acceptors (Lipinski definition) is 4. The van der Waals surface area contributed by atoms with Crippen LogP contribution in [0.4, 0.5) is 11.4 Å². The molecule has 19 heavy (non-hydrogen) atoms. The molecule has 0 atom stereocenters. The van der Waals surface area contributed by atoms with Crippen molar-refractivity contribution >= 4 is 17.3 Å². The number of nitrogens with two attached hydrogens (primary N) is 1. The highest BCUT2D eigenvalue weighted by molar-refractivity contribution is 6.03. The third-order valence-corrected chi connectivity index (χ3v) is 2.64. The molecule has 1 aromatic heterocycles. The highest BCUT2D eigenvalue weighted by Crippen LogP contribution is 2.15. The van der Waals surface area contributed by atoms with Crippen molar-refractivity contribution in [2.75, 3.05) is 10.7 Å². The molecule has 2 rings (SSSR count). The van der Waals surface area contributed by atoms with E-state index in [1.54, 1.807) is 12.1 Å². The summed E-state index contributed by atoms with van der Waals surface area (Å²) in [5.41, 5.74) is 6.44. The van der Waals surface area contributed by atoms with E-state index in [-0.39, 0.29) is 5.91 Å². The van der Waals surface area contributed by atoms with Gasteiger partial charge in [0.2, 0.25) is 0 Å². The number of nitrogens with one attached hydrogen (secondary N) is 2. The average molecular weight is 256 g/mol. The third-order valence-electron chi connectivity index (χ3n) is 2.64. The van der Waals surface area contributed by atoms with Crippen LogP contribution in [0.3, 0.4) is 0 Å². The first-order valence-electron chi connectivity index (χ1n) is 5.91. The van der Waals surface area contributed by atoms with E-state index >= 15 is 0 Å². The van der Waals surface area contributed by atoms with Crippen molar-refractivity contribution in [1.29, 1.82) is 0 Å². The summed E-state index contributed by atoms with van der Waals surface area (Å²) in [6.45, 7) is 3.98. The van der Waals surface area contributed by atoms with Crippen molar-refractivity contribution < 1.29 is 4.79 Å². The van der Waals surface area contributed by atoms with Crippen LogP contribution >= 0.6 is 0 Å². The lowest BCUT2D eigenvalue weighted by Crippen LogP contribution is -2.14. The molecule has 0 aliphatic rings. The van der Waals surface area contributed by atoms with E-state index in [2.05, 4.69) is 21.8 Å². The highest BCUT2D eigenvalue weighted by Gasteiger charge is 2.08. The molecule has 1 heterocycles. The van der Waals surface area contributed by atoms with Gasteiger partial charge in [0, 0.05) is 5.69 Å². The van der Waals surface area contributed by atoms with Gasteiger partial charge in [0.15, 0.2) is 0 Å². The number of rotatable bonds is 3. The summed E-state index contributed by atoms with van der Waals surface area (Å²) < 4.78 is 0. The molecule has 98 valence electrons. The van der Waals surface area contributed by atoms with Gasteiger partial charge in [-0.1, -0.05) is 6.07 Å². The first kappa shape index (κ1) is 13.0. The largest absolute Gasteiger partial charge is 0.323 e. The number of pyridine rings is 1. The van der Waals surface area contributed by atoms with Crippen molar-refractivity contribution in [3.05, 3.63) is 53.3 Å². The van der Waals surface area contributed by atoms with Crippen molar-refractivity contribution in [3.8, 4) is 0 Å². The summed E-state index contributed by atoms with van der Waals surface area (Å²) in [4.78, 5) is 16.0. The molecular formula is C14H16N4O. The van der Waals surface area contributed by atoms with Crippen LogP contribution < -0.4 is 16.6 Å². The topological polar surface area (TPSA) is 80.0 Å². The van der Waals surface area contributed by atoms with Gasteiger partial charge in [0.05, 0.1) is 11.9 Å². The molecule has 0 unspecified atom stereocenters. The van der Waals surface area contributed by atoms with E-state index in [1.165, 1.54) is 6.20 Å². The van der Waals surface area contributed by atoms with E-state index in [4.69, 9.17) is 5.84 Å². The molecule has 0 saturated carbocycles. The number of hydrazine groups is 1. The molecule has 1 aromatic carbocycles. The van der Waals surface area contributed by atoms with Crippen molar-refractivity contribution in [1.82, 2.24) is 4.98 Å². The summed E-state index contributed by atoms with van der Waals surface area (Å²) in [5, 5.41) is 2.82. The monoisotopic (exact) mass is 256 g/mol. The maximum absolute atomic E-state index is 12.0. The van der Waals surface area contributed by atoms with Gasteiger partial charge in [0.25, 0.3) is 5.91 Å². The van der Waals surface area contributed by atoms with E-state index in [0.717, 1.165) is 16.8 Å². The van der Waals surface area contributed by atoms with E-state index in [0.29, 0.717) is 11.4 Å². The number of nitrogen functional groups attached to an aromatic ring is 1. The minimum Gasteiger partial charge on any atom is -0.323 e. The van der Waals surface area contributed by atoms with Crippen molar-refractivity contribution in [2.45, 2.75) is 13.8 Å². The molecular weight excluding hydrogens is 240 g/mol. The minimum atomic E-state index is -0.242. The number of anilines is 2. The predicted molar refractivity (Wildman–Crippen MR) is 75.9 cm³/mol. The number of carbonyl (C=O) groups excluding carboxylic acids is 1. The minimum absolute atomic E-state index is 0.242. The lowest BCUT2D eigenvalue weighted by Gasteiger charge is -2.07. The lowest BCUT2D eigenvalue weighted by atomic mass is 10.1. The van der Waals surface area contributed by atoms with E-state index in [9.17, 15) is 4.79 Å². The van der Waals surface area contributed by atoms with Crippen molar-refractivity contribution in [3.63, 3.8) is 0 Å². The number of aryl methyl sites for hydroxylation is 2. The van der Waals surface area contributed by atoms with Crippen LogP contribution in [0.1, 0.15) is 21.6 Å². The van der Waals surface area contributed by atoms with Crippen LogP contribution in [0.25, 0.3) is 0 Å². The van der Waals surface area contributed by atoms with Gasteiger partial charge < -0.3 is 10.7 Å². The van der Waals surface area contributed by atoms with Crippen LogP contribution in [0.15, 0.2) is 36.5 Å². The number of hydrogen-bond donors (Lipinski definition) is 3. The maximum atomic E-state index is 12.0. The molecule has 2 aromatic rings. The summed E-state index contributed by atoms with van der Waals surface area (Å²) >= 11 is 0. The molecule has 0 radical (unpaired) electrons. The first-order chi connectivity index (χ1) is 9.08. The van der Waals surface area contributed by atoms with Crippen LogP contribution in [0.5, 0.6) is 0 Å². The number of carbonyl (C=O) groups is 1. The summed E-state index contributed by atoms with van der Waals surface area (Å²) in [5.74, 6) is 5.00. The quantitative estimate of drug-likeness (QED) is 0.581. The zero-order valence-electron chi connectivity index (χ0n) is 10.9. The van der Waals surface area contributed by atoms with Gasteiger partial charge in [-0.15, -0.1) is 0 Å².